The number of amides is 1. The van der Waals surface area contributed by atoms with Crippen LogP contribution < -0.4 is 5.32 Å². The zero-order valence-electron chi connectivity index (χ0n) is 14.8. The maximum atomic E-state index is 11.8. The summed E-state index contributed by atoms with van der Waals surface area (Å²) in [5.74, 6) is -0.0710. The molecule has 0 spiro atoms. The first-order valence-corrected chi connectivity index (χ1v) is 9.15. The molecule has 0 atom stereocenters. The molecular formula is C20H23NO3S. The van der Waals surface area contributed by atoms with E-state index in [1.165, 1.54) is 5.56 Å². The van der Waals surface area contributed by atoms with Crippen LogP contribution in [0.1, 0.15) is 23.1 Å². The van der Waals surface area contributed by atoms with Gasteiger partial charge in [-0.25, -0.2) is 0 Å². The van der Waals surface area contributed by atoms with Gasteiger partial charge in [-0.2, -0.15) is 0 Å². The maximum absolute atomic E-state index is 11.8. The van der Waals surface area contributed by atoms with E-state index in [1.807, 2.05) is 63.2 Å². The van der Waals surface area contributed by atoms with Gasteiger partial charge < -0.3 is 10.1 Å². The Kier molecular flexibility index (Phi) is 7.07. The summed E-state index contributed by atoms with van der Waals surface area (Å²) >= 11 is 1.60. The van der Waals surface area contributed by atoms with Crippen molar-refractivity contribution in [2.24, 2.45) is 0 Å². The fourth-order valence-corrected chi connectivity index (χ4v) is 2.95. The molecule has 0 aliphatic heterocycles. The van der Waals surface area contributed by atoms with Gasteiger partial charge in [-0.1, -0.05) is 23.8 Å². The first-order valence-electron chi connectivity index (χ1n) is 8.16. The summed E-state index contributed by atoms with van der Waals surface area (Å²) in [7, 11) is 0. The molecular weight excluding hydrogens is 334 g/mol. The molecule has 2 aromatic carbocycles. The molecule has 0 radical (unpaired) electrons. The van der Waals surface area contributed by atoms with Crippen LogP contribution in [0.5, 0.6) is 0 Å². The van der Waals surface area contributed by atoms with Crippen molar-refractivity contribution >= 4 is 29.3 Å². The topological polar surface area (TPSA) is 55.4 Å². The van der Waals surface area contributed by atoms with Gasteiger partial charge in [0.15, 0.2) is 6.61 Å². The molecule has 0 aromatic heterocycles. The van der Waals surface area contributed by atoms with E-state index in [-0.39, 0.29) is 24.9 Å². The molecule has 2 rings (SSSR count). The van der Waals surface area contributed by atoms with Crippen molar-refractivity contribution in [3.8, 4) is 0 Å². The molecule has 0 bridgehead atoms. The van der Waals surface area contributed by atoms with Gasteiger partial charge in [-0.15, -0.1) is 11.8 Å². The van der Waals surface area contributed by atoms with Gasteiger partial charge in [0, 0.05) is 16.3 Å². The quantitative estimate of drug-likeness (QED) is 0.594. The molecule has 1 N–H and O–H groups in total. The number of hydrogen-bond acceptors (Lipinski definition) is 4. The summed E-state index contributed by atoms with van der Waals surface area (Å²) in [6.45, 7) is 5.77. The second-order valence-corrected chi connectivity index (χ2v) is 7.09. The lowest BCUT2D eigenvalue weighted by molar-refractivity contribution is -0.146. The molecule has 0 saturated heterocycles. The zero-order chi connectivity index (χ0) is 18.2. The number of hydrogen-bond donors (Lipinski definition) is 1. The van der Waals surface area contributed by atoms with E-state index >= 15 is 0 Å². The van der Waals surface area contributed by atoms with E-state index in [0.29, 0.717) is 11.4 Å². The number of aryl methyl sites for hydroxylation is 3. The predicted molar refractivity (Wildman–Crippen MR) is 102 cm³/mol. The number of esters is 1. The molecule has 0 aliphatic carbocycles. The number of carbonyl (C=O) groups is 2. The van der Waals surface area contributed by atoms with Crippen LogP contribution in [-0.4, -0.2) is 24.2 Å². The molecule has 25 heavy (non-hydrogen) atoms. The van der Waals surface area contributed by atoms with Crippen LogP contribution >= 0.6 is 11.8 Å². The van der Waals surface area contributed by atoms with E-state index < -0.39 is 0 Å². The molecule has 0 aliphatic rings. The van der Waals surface area contributed by atoms with Crippen LogP contribution in [0.15, 0.2) is 47.4 Å². The highest BCUT2D eigenvalue weighted by molar-refractivity contribution is 7.99. The van der Waals surface area contributed by atoms with Crippen LogP contribution in [-0.2, 0) is 14.3 Å². The minimum Gasteiger partial charge on any atom is -0.456 e. The van der Waals surface area contributed by atoms with Gasteiger partial charge in [0.25, 0.3) is 5.91 Å². The number of anilines is 1. The minimum atomic E-state index is -0.366. The van der Waals surface area contributed by atoms with E-state index in [0.717, 1.165) is 16.0 Å². The summed E-state index contributed by atoms with van der Waals surface area (Å²) in [4.78, 5) is 24.7. The van der Waals surface area contributed by atoms with Gasteiger partial charge in [-0.3, -0.25) is 9.59 Å². The summed E-state index contributed by atoms with van der Waals surface area (Å²) in [5, 5.41) is 2.73. The van der Waals surface area contributed by atoms with E-state index in [2.05, 4.69) is 5.32 Å². The lowest BCUT2D eigenvalue weighted by Crippen LogP contribution is -2.21. The third-order valence-corrected chi connectivity index (χ3v) is 4.76. The molecule has 2 aromatic rings. The Morgan fingerprint density at radius 2 is 1.72 bits per heavy atom. The standard InChI is InChI=1S/C20H23NO3S/c1-14-4-8-18(9-5-14)25-11-10-20(23)24-13-19(22)21-17-7-6-15(2)16(3)12-17/h4-9,12H,10-11,13H2,1-3H3,(H,21,22). The van der Waals surface area contributed by atoms with Crippen molar-refractivity contribution < 1.29 is 14.3 Å². The molecule has 0 saturated carbocycles. The maximum Gasteiger partial charge on any atom is 0.307 e. The third-order valence-electron chi connectivity index (χ3n) is 3.75. The average molecular weight is 357 g/mol. The summed E-state index contributed by atoms with van der Waals surface area (Å²) < 4.78 is 5.02. The van der Waals surface area contributed by atoms with Crippen molar-refractivity contribution in [1.29, 1.82) is 0 Å². The third kappa shape index (κ3) is 6.63. The fraction of sp³-hybridized carbons (Fsp3) is 0.300. The lowest BCUT2D eigenvalue weighted by atomic mass is 10.1. The van der Waals surface area contributed by atoms with E-state index in [9.17, 15) is 9.59 Å². The Morgan fingerprint density at radius 3 is 2.40 bits per heavy atom. The van der Waals surface area contributed by atoms with Crippen molar-refractivity contribution in [1.82, 2.24) is 0 Å². The molecule has 132 valence electrons. The van der Waals surface area contributed by atoms with E-state index in [1.54, 1.807) is 11.8 Å². The number of ether oxygens (including phenoxy) is 1. The highest BCUT2D eigenvalue weighted by atomic mass is 32.2. The Hall–Kier alpha value is -2.27. The van der Waals surface area contributed by atoms with Crippen LogP contribution in [0.2, 0.25) is 0 Å². The average Bonchev–Trinajstić information content (AvgIpc) is 2.58. The first-order chi connectivity index (χ1) is 11.9. The summed E-state index contributed by atoms with van der Waals surface area (Å²) in [6, 6.07) is 13.8. The van der Waals surface area contributed by atoms with Gasteiger partial charge in [0.05, 0.1) is 6.42 Å². The normalized spacial score (nSPS) is 10.4. The van der Waals surface area contributed by atoms with Crippen LogP contribution in [0.25, 0.3) is 0 Å². The predicted octanol–water partition coefficient (Wildman–Crippen LogP) is 4.28. The highest BCUT2D eigenvalue weighted by Gasteiger charge is 2.08. The Bertz CT molecular complexity index is 741. The monoisotopic (exact) mass is 357 g/mol. The van der Waals surface area contributed by atoms with Gasteiger partial charge >= 0.3 is 5.97 Å². The van der Waals surface area contributed by atoms with Crippen molar-refractivity contribution in [3.05, 3.63) is 59.2 Å². The second kappa shape index (κ2) is 9.28. The Balaban J connectivity index is 1.67. The van der Waals surface area contributed by atoms with E-state index in [4.69, 9.17) is 4.74 Å². The number of thioether (sulfide) groups is 1. The number of rotatable bonds is 7. The minimum absolute atomic E-state index is 0.263. The Morgan fingerprint density at radius 1 is 1.00 bits per heavy atom. The Labute approximate surface area is 153 Å². The molecule has 0 fully saturated rings. The molecule has 1 amide bonds. The molecule has 0 heterocycles. The fourth-order valence-electron chi connectivity index (χ4n) is 2.12. The highest BCUT2D eigenvalue weighted by Crippen LogP contribution is 2.19. The van der Waals surface area contributed by atoms with Crippen LogP contribution in [0.3, 0.4) is 0 Å². The first kappa shape index (κ1) is 19.1. The number of benzene rings is 2. The van der Waals surface area contributed by atoms with Gasteiger partial charge in [0.2, 0.25) is 0 Å². The second-order valence-electron chi connectivity index (χ2n) is 5.92. The van der Waals surface area contributed by atoms with Gasteiger partial charge in [0.1, 0.15) is 0 Å². The summed E-state index contributed by atoms with van der Waals surface area (Å²) in [5.41, 5.74) is 4.18. The van der Waals surface area contributed by atoms with Crippen molar-refractivity contribution in [3.63, 3.8) is 0 Å². The van der Waals surface area contributed by atoms with Crippen molar-refractivity contribution in [2.75, 3.05) is 17.7 Å². The SMILES string of the molecule is Cc1ccc(SCCC(=O)OCC(=O)Nc2ccc(C)c(C)c2)cc1. The van der Waals surface area contributed by atoms with Crippen LogP contribution in [0.4, 0.5) is 5.69 Å². The molecule has 4 nitrogen and oxygen atoms in total. The number of nitrogens with one attached hydrogen (secondary N) is 1. The zero-order valence-corrected chi connectivity index (χ0v) is 15.6. The van der Waals surface area contributed by atoms with Crippen molar-refractivity contribution in [2.45, 2.75) is 32.1 Å². The summed E-state index contributed by atoms with van der Waals surface area (Å²) in [6.07, 6.45) is 0.273. The smallest absolute Gasteiger partial charge is 0.307 e. The van der Waals surface area contributed by atoms with Gasteiger partial charge in [-0.05, 0) is 56.2 Å². The lowest BCUT2D eigenvalue weighted by Gasteiger charge is -2.08. The molecule has 5 heteroatoms. The largest absolute Gasteiger partial charge is 0.456 e. The molecule has 0 unspecified atom stereocenters. The number of carbonyl (C=O) groups excluding carboxylic acids is 2. The van der Waals surface area contributed by atoms with Crippen LogP contribution in [0, 0.1) is 20.8 Å².